The molecule has 1 heterocycles. The van der Waals surface area contributed by atoms with E-state index in [9.17, 15) is 0 Å². The van der Waals surface area contributed by atoms with Crippen LogP contribution < -0.4 is 5.73 Å². The summed E-state index contributed by atoms with van der Waals surface area (Å²) >= 11 is 5.35. The molecule has 1 aliphatic carbocycles. The van der Waals surface area contributed by atoms with Gasteiger partial charge in [0.25, 0.3) is 0 Å². The van der Waals surface area contributed by atoms with E-state index in [0.29, 0.717) is 0 Å². The zero-order valence-corrected chi connectivity index (χ0v) is 13.1. The Bertz CT molecular complexity index is 549. The molecule has 4 heteroatoms. The van der Waals surface area contributed by atoms with Gasteiger partial charge in [-0.2, -0.15) is 0 Å². The summed E-state index contributed by atoms with van der Waals surface area (Å²) in [5, 5.41) is 2.15. The third-order valence-electron chi connectivity index (χ3n) is 3.45. The van der Waals surface area contributed by atoms with E-state index >= 15 is 0 Å². The maximum Gasteiger partial charge on any atom is 0.0458 e. The van der Waals surface area contributed by atoms with E-state index < -0.39 is 0 Å². The van der Waals surface area contributed by atoms with Crippen molar-refractivity contribution in [1.82, 2.24) is 4.90 Å². The Morgan fingerprint density at radius 3 is 2.74 bits per heavy atom. The van der Waals surface area contributed by atoms with Crippen molar-refractivity contribution >= 4 is 33.0 Å². The number of nitrogens with zero attached hydrogens (tertiary/aromatic N) is 1. The minimum absolute atomic E-state index is 0.762. The second kappa shape index (κ2) is 5.65. The third kappa shape index (κ3) is 3.38. The summed E-state index contributed by atoms with van der Waals surface area (Å²) in [7, 11) is 0. The first-order chi connectivity index (χ1) is 9.22. The predicted octanol–water partition coefficient (Wildman–Crippen LogP) is 4.26. The van der Waals surface area contributed by atoms with E-state index in [0.717, 1.165) is 29.3 Å². The smallest absolute Gasteiger partial charge is 0.0458 e. The van der Waals surface area contributed by atoms with E-state index in [4.69, 9.17) is 5.73 Å². The van der Waals surface area contributed by atoms with Crippen LogP contribution in [0.3, 0.4) is 0 Å². The second-order valence-corrected chi connectivity index (χ2v) is 6.96. The zero-order valence-electron chi connectivity index (χ0n) is 10.7. The van der Waals surface area contributed by atoms with Crippen LogP contribution in [-0.4, -0.2) is 10.9 Å². The van der Waals surface area contributed by atoms with Crippen LogP contribution in [0.1, 0.15) is 23.3 Å². The van der Waals surface area contributed by atoms with Gasteiger partial charge < -0.3 is 5.73 Å². The Morgan fingerprint density at radius 2 is 2.11 bits per heavy atom. The number of anilines is 1. The number of thiophene rings is 1. The molecule has 0 unspecified atom stereocenters. The average Bonchev–Trinajstić information content (AvgIpc) is 3.12. The molecule has 3 rings (SSSR count). The lowest BCUT2D eigenvalue weighted by molar-refractivity contribution is 0.248. The topological polar surface area (TPSA) is 29.3 Å². The number of halogens is 1. The first-order valence-corrected chi connectivity index (χ1v) is 8.20. The highest BCUT2D eigenvalue weighted by molar-refractivity contribution is 9.10. The number of benzene rings is 1. The molecule has 0 amide bonds. The molecule has 0 spiro atoms. The first-order valence-electron chi connectivity index (χ1n) is 6.53. The Morgan fingerprint density at radius 1 is 1.26 bits per heavy atom. The fourth-order valence-electron chi connectivity index (χ4n) is 2.26. The van der Waals surface area contributed by atoms with Gasteiger partial charge >= 0.3 is 0 Å². The van der Waals surface area contributed by atoms with Crippen LogP contribution in [0.4, 0.5) is 5.69 Å². The lowest BCUT2D eigenvalue weighted by Crippen LogP contribution is -2.24. The van der Waals surface area contributed by atoms with Crippen molar-refractivity contribution in [3.63, 3.8) is 0 Å². The van der Waals surface area contributed by atoms with Crippen LogP contribution in [0.5, 0.6) is 0 Å². The molecule has 19 heavy (non-hydrogen) atoms. The Hall–Kier alpha value is -0.840. The van der Waals surface area contributed by atoms with Crippen molar-refractivity contribution in [2.45, 2.75) is 32.0 Å². The normalized spacial score (nSPS) is 15.1. The number of rotatable bonds is 5. The molecule has 2 N–H and O–H groups in total. The van der Waals surface area contributed by atoms with Crippen molar-refractivity contribution in [2.75, 3.05) is 5.73 Å². The molecular formula is C15H17BrN2S. The first kappa shape index (κ1) is 13.2. The zero-order chi connectivity index (χ0) is 13.2. The summed E-state index contributed by atoms with van der Waals surface area (Å²) in [6.45, 7) is 2.06. The molecule has 1 fully saturated rings. The quantitative estimate of drug-likeness (QED) is 0.826. The Balaban J connectivity index is 1.72. The summed E-state index contributed by atoms with van der Waals surface area (Å²) in [5.74, 6) is 0. The molecular weight excluding hydrogens is 320 g/mol. The summed E-state index contributed by atoms with van der Waals surface area (Å²) in [5.41, 5.74) is 7.97. The maximum absolute atomic E-state index is 5.84. The van der Waals surface area contributed by atoms with Gasteiger partial charge in [0.1, 0.15) is 0 Å². The number of nitrogen functional groups attached to an aromatic ring is 1. The molecule has 2 nitrogen and oxygen atoms in total. The van der Waals surface area contributed by atoms with E-state index in [1.807, 2.05) is 17.4 Å². The average molecular weight is 337 g/mol. The van der Waals surface area contributed by atoms with Crippen molar-refractivity contribution in [3.8, 4) is 0 Å². The molecule has 1 saturated carbocycles. The standard InChI is InChI=1S/C15H17BrN2S/c16-14-8-11(3-6-15(14)17)9-18(12-4-5-12)10-13-2-1-7-19-13/h1-3,6-8,12H,4-5,9-10,17H2. The van der Waals surface area contributed by atoms with Crippen molar-refractivity contribution in [3.05, 3.63) is 50.6 Å². The van der Waals surface area contributed by atoms with Crippen molar-refractivity contribution < 1.29 is 0 Å². The summed E-state index contributed by atoms with van der Waals surface area (Å²) in [4.78, 5) is 4.02. The van der Waals surface area contributed by atoms with Crippen LogP contribution in [0, 0.1) is 0 Å². The van der Waals surface area contributed by atoms with E-state index in [2.05, 4.69) is 50.5 Å². The highest BCUT2D eigenvalue weighted by Gasteiger charge is 2.29. The van der Waals surface area contributed by atoms with E-state index in [1.54, 1.807) is 0 Å². The SMILES string of the molecule is Nc1ccc(CN(Cc2cccs2)C2CC2)cc1Br. The number of hydrogen-bond acceptors (Lipinski definition) is 3. The fourth-order valence-corrected chi connectivity index (χ4v) is 3.42. The fraction of sp³-hybridized carbons (Fsp3) is 0.333. The van der Waals surface area contributed by atoms with Gasteiger partial charge in [0.15, 0.2) is 0 Å². The van der Waals surface area contributed by atoms with Crippen LogP contribution in [0.2, 0.25) is 0 Å². The Kier molecular flexibility index (Phi) is 3.91. The minimum Gasteiger partial charge on any atom is -0.398 e. The largest absolute Gasteiger partial charge is 0.398 e. The molecule has 0 atom stereocenters. The van der Waals surface area contributed by atoms with Gasteiger partial charge in [0.05, 0.1) is 0 Å². The Labute approximate surface area is 126 Å². The molecule has 0 radical (unpaired) electrons. The lowest BCUT2D eigenvalue weighted by Gasteiger charge is -2.21. The molecule has 1 aromatic heterocycles. The monoisotopic (exact) mass is 336 g/mol. The van der Waals surface area contributed by atoms with Gasteiger partial charge in [0.2, 0.25) is 0 Å². The molecule has 0 saturated heterocycles. The van der Waals surface area contributed by atoms with Gasteiger partial charge in [-0.15, -0.1) is 11.3 Å². The van der Waals surface area contributed by atoms with Crippen molar-refractivity contribution in [2.24, 2.45) is 0 Å². The van der Waals surface area contributed by atoms with Gasteiger partial charge in [0, 0.05) is 34.2 Å². The number of hydrogen-bond donors (Lipinski definition) is 1. The van der Waals surface area contributed by atoms with E-state index in [-0.39, 0.29) is 0 Å². The highest BCUT2D eigenvalue weighted by Crippen LogP contribution is 2.31. The van der Waals surface area contributed by atoms with E-state index in [1.165, 1.54) is 23.3 Å². The van der Waals surface area contributed by atoms with Crippen LogP contribution in [0.25, 0.3) is 0 Å². The molecule has 0 bridgehead atoms. The van der Waals surface area contributed by atoms with Gasteiger partial charge in [-0.25, -0.2) is 0 Å². The molecule has 100 valence electrons. The third-order valence-corrected chi connectivity index (χ3v) is 5.00. The van der Waals surface area contributed by atoms with Gasteiger partial charge in [-0.1, -0.05) is 12.1 Å². The summed E-state index contributed by atoms with van der Waals surface area (Å²) < 4.78 is 0.997. The summed E-state index contributed by atoms with van der Waals surface area (Å²) in [6, 6.07) is 11.4. The van der Waals surface area contributed by atoms with Crippen LogP contribution in [-0.2, 0) is 13.1 Å². The highest BCUT2D eigenvalue weighted by atomic mass is 79.9. The molecule has 0 aliphatic heterocycles. The summed E-state index contributed by atoms with van der Waals surface area (Å²) in [6.07, 6.45) is 2.67. The molecule has 1 aliphatic rings. The number of nitrogens with two attached hydrogens (primary N) is 1. The second-order valence-electron chi connectivity index (χ2n) is 5.07. The van der Waals surface area contributed by atoms with Gasteiger partial charge in [-0.3, -0.25) is 4.90 Å². The predicted molar refractivity (Wildman–Crippen MR) is 85.1 cm³/mol. The maximum atomic E-state index is 5.84. The van der Waals surface area contributed by atoms with Crippen LogP contribution >= 0.6 is 27.3 Å². The van der Waals surface area contributed by atoms with Gasteiger partial charge in [-0.05, 0) is 57.9 Å². The lowest BCUT2D eigenvalue weighted by atomic mass is 10.2. The molecule has 2 aromatic rings. The van der Waals surface area contributed by atoms with Crippen LogP contribution in [0.15, 0.2) is 40.2 Å². The minimum atomic E-state index is 0.762. The van der Waals surface area contributed by atoms with Crippen molar-refractivity contribution in [1.29, 1.82) is 0 Å². The molecule has 1 aromatic carbocycles.